The predicted molar refractivity (Wildman–Crippen MR) is 75.3 cm³/mol. The Morgan fingerprint density at radius 1 is 1.26 bits per heavy atom. The Kier molecular flexibility index (Phi) is 5.11. The average Bonchev–Trinajstić information content (AvgIpc) is 2.39. The topological polar surface area (TPSA) is 50.1 Å². The van der Waals surface area contributed by atoms with Gasteiger partial charge in [0.05, 0.1) is 13.2 Å². The van der Waals surface area contributed by atoms with Crippen molar-refractivity contribution in [1.82, 2.24) is 0 Å². The minimum absolute atomic E-state index is 0.0679. The highest BCUT2D eigenvalue weighted by molar-refractivity contribution is 5.90. The molecule has 0 saturated carbocycles. The fraction of sp³-hybridized carbons (Fsp3) is 0.500. The molecule has 0 spiro atoms. The zero-order valence-corrected chi connectivity index (χ0v) is 12.2. The van der Waals surface area contributed by atoms with Gasteiger partial charge in [0.15, 0.2) is 5.78 Å². The van der Waals surface area contributed by atoms with Crippen molar-refractivity contribution in [3.8, 4) is 11.8 Å². The van der Waals surface area contributed by atoms with E-state index in [-0.39, 0.29) is 11.7 Å². The van der Waals surface area contributed by atoms with Crippen LogP contribution in [0.5, 0.6) is 5.75 Å². The first-order valence-electron chi connectivity index (χ1n) is 6.53. The number of ether oxygens (including phenoxy) is 1. The van der Waals surface area contributed by atoms with E-state index in [9.17, 15) is 10.1 Å². The third kappa shape index (κ3) is 3.35. The summed E-state index contributed by atoms with van der Waals surface area (Å²) in [6, 6.07) is 7.83. The fourth-order valence-corrected chi connectivity index (χ4v) is 1.96. The number of nitriles is 1. The van der Waals surface area contributed by atoms with Crippen molar-refractivity contribution >= 4 is 5.78 Å². The summed E-state index contributed by atoms with van der Waals surface area (Å²) in [6.45, 7) is 7.78. The third-order valence-electron chi connectivity index (χ3n) is 3.21. The molecule has 0 N–H and O–H groups in total. The van der Waals surface area contributed by atoms with Crippen LogP contribution in [0.25, 0.3) is 0 Å². The van der Waals surface area contributed by atoms with E-state index in [4.69, 9.17) is 4.74 Å². The summed E-state index contributed by atoms with van der Waals surface area (Å²) in [5.41, 5.74) is 1.78. The van der Waals surface area contributed by atoms with Crippen LogP contribution in [0, 0.1) is 17.2 Å². The SMILES string of the molecule is COc1ccc(C(C)C)cc1C(C#N)C(=O)C(C)C. The van der Waals surface area contributed by atoms with Crippen molar-refractivity contribution < 1.29 is 9.53 Å². The van der Waals surface area contributed by atoms with Gasteiger partial charge in [0.2, 0.25) is 0 Å². The molecule has 19 heavy (non-hydrogen) atoms. The largest absolute Gasteiger partial charge is 0.496 e. The minimum Gasteiger partial charge on any atom is -0.496 e. The molecule has 0 amide bonds. The lowest BCUT2D eigenvalue weighted by Crippen LogP contribution is -2.17. The molecular formula is C16H21NO2. The number of ketones is 1. The second kappa shape index (κ2) is 6.38. The number of carbonyl (C=O) groups is 1. The smallest absolute Gasteiger partial charge is 0.157 e. The van der Waals surface area contributed by atoms with Crippen molar-refractivity contribution in [2.45, 2.75) is 39.5 Å². The molecule has 1 atom stereocenters. The van der Waals surface area contributed by atoms with Gasteiger partial charge in [-0.15, -0.1) is 0 Å². The summed E-state index contributed by atoms with van der Waals surface area (Å²) in [5, 5.41) is 9.32. The molecule has 0 radical (unpaired) electrons. The first-order valence-corrected chi connectivity index (χ1v) is 6.53. The van der Waals surface area contributed by atoms with Gasteiger partial charge in [0.1, 0.15) is 11.7 Å². The average molecular weight is 259 g/mol. The van der Waals surface area contributed by atoms with Crippen molar-refractivity contribution in [2.24, 2.45) is 5.92 Å². The Bertz CT molecular complexity index is 498. The number of hydrogen-bond acceptors (Lipinski definition) is 3. The maximum absolute atomic E-state index is 12.1. The summed E-state index contributed by atoms with van der Waals surface area (Å²) < 4.78 is 5.29. The number of Topliss-reactive ketones (excluding diaryl/α,β-unsaturated/α-hetero) is 1. The van der Waals surface area contributed by atoms with Gasteiger partial charge in [0, 0.05) is 11.5 Å². The van der Waals surface area contributed by atoms with E-state index < -0.39 is 5.92 Å². The van der Waals surface area contributed by atoms with Crippen LogP contribution in [0.2, 0.25) is 0 Å². The van der Waals surface area contributed by atoms with E-state index in [0.29, 0.717) is 17.2 Å². The summed E-state index contributed by atoms with van der Waals surface area (Å²) in [6.07, 6.45) is 0. The first kappa shape index (κ1) is 15.2. The van der Waals surface area contributed by atoms with Crippen molar-refractivity contribution in [2.75, 3.05) is 7.11 Å². The Hall–Kier alpha value is -1.82. The van der Waals surface area contributed by atoms with Crippen molar-refractivity contribution in [1.29, 1.82) is 5.26 Å². The summed E-state index contributed by atoms with van der Waals surface area (Å²) in [7, 11) is 1.56. The van der Waals surface area contributed by atoms with Gasteiger partial charge in [-0.3, -0.25) is 4.79 Å². The van der Waals surface area contributed by atoms with Crippen LogP contribution in [0.4, 0.5) is 0 Å². The first-order chi connectivity index (χ1) is 8.92. The highest BCUT2D eigenvalue weighted by Gasteiger charge is 2.26. The van der Waals surface area contributed by atoms with Crippen LogP contribution >= 0.6 is 0 Å². The molecule has 1 aromatic rings. The third-order valence-corrected chi connectivity index (χ3v) is 3.21. The van der Waals surface area contributed by atoms with Gasteiger partial charge >= 0.3 is 0 Å². The molecule has 0 aliphatic carbocycles. The molecule has 0 heterocycles. The molecule has 0 aromatic heterocycles. The van der Waals surface area contributed by atoms with Crippen LogP contribution in [0.1, 0.15) is 50.7 Å². The van der Waals surface area contributed by atoms with Gasteiger partial charge in [-0.2, -0.15) is 5.26 Å². The van der Waals surface area contributed by atoms with Crippen LogP contribution in [0.15, 0.2) is 18.2 Å². The summed E-state index contributed by atoms with van der Waals surface area (Å²) >= 11 is 0. The molecule has 1 unspecified atom stereocenters. The second-order valence-corrected chi connectivity index (χ2v) is 5.28. The number of methoxy groups -OCH3 is 1. The monoisotopic (exact) mass is 259 g/mol. The number of rotatable bonds is 5. The van der Waals surface area contributed by atoms with Crippen molar-refractivity contribution in [3.05, 3.63) is 29.3 Å². The number of carbonyl (C=O) groups excluding carboxylic acids is 1. The van der Waals surface area contributed by atoms with Crippen LogP contribution in [-0.4, -0.2) is 12.9 Å². The molecule has 0 fully saturated rings. The van der Waals surface area contributed by atoms with E-state index >= 15 is 0 Å². The molecule has 3 nitrogen and oxygen atoms in total. The molecule has 1 rings (SSSR count). The zero-order chi connectivity index (χ0) is 14.6. The highest BCUT2D eigenvalue weighted by atomic mass is 16.5. The van der Waals surface area contributed by atoms with E-state index in [2.05, 4.69) is 19.9 Å². The van der Waals surface area contributed by atoms with E-state index in [1.165, 1.54) is 0 Å². The molecule has 102 valence electrons. The molecule has 1 aromatic carbocycles. The maximum Gasteiger partial charge on any atom is 0.157 e. The number of hydrogen-bond donors (Lipinski definition) is 0. The molecule has 0 aliphatic heterocycles. The molecular weight excluding hydrogens is 238 g/mol. The zero-order valence-electron chi connectivity index (χ0n) is 12.2. The summed E-state index contributed by atoms with van der Waals surface area (Å²) in [5.74, 6) is -0.0458. The van der Waals surface area contributed by atoms with Gasteiger partial charge in [-0.25, -0.2) is 0 Å². The minimum atomic E-state index is -0.756. The fourth-order valence-electron chi connectivity index (χ4n) is 1.96. The normalized spacial score (nSPS) is 12.3. The standard InChI is InChI=1S/C16H21NO2/c1-10(2)12-6-7-15(19-5)13(8-12)14(9-17)16(18)11(3)4/h6-8,10-11,14H,1-5H3. The predicted octanol–water partition coefficient (Wildman–Crippen LogP) is 3.65. The molecule has 3 heteroatoms. The van der Waals surface area contributed by atoms with Gasteiger partial charge in [-0.05, 0) is 17.5 Å². The Morgan fingerprint density at radius 3 is 2.32 bits per heavy atom. The quantitative estimate of drug-likeness (QED) is 0.811. The molecule has 0 saturated heterocycles. The highest BCUT2D eigenvalue weighted by Crippen LogP contribution is 2.31. The Balaban J connectivity index is 3.32. The van der Waals surface area contributed by atoms with E-state index in [0.717, 1.165) is 5.56 Å². The van der Waals surface area contributed by atoms with E-state index in [1.54, 1.807) is 7.11 Å². The maximum atomic E-state index is 12.1. The van der Waals surface area contributed by atoms with Crippen LogP contribution in [0.3, 0.4) is 0 Å². The lowest BCUT2D eigenvalue weighted by molar-refractivity contribution is -0.122. The summed E-state index contributed by atoms with van der Waals surface area (Å²) in [4.78, 5) is 12.1. The van der Waals surface area contributed by atoms with Gasteiger partial charge < -0.3 is 4.74 Å². The molecule has 0 bridgehead atoms. The molecule has 0 aliphatic rings. The number of benzene rings is 1. The van der Waals surface area contributed by atoms with Crippen LogP contribution < -0.4 is 4.74 Å². The number of nitrogens with zero attached hydrogens (tertiary/aromatic N) is 1. The Morgan fingerprint density at radius 2 is 1.89 bits per heavy atom. The van der Waals surface area contributed by atoms with E-state index in [1.807, 2.05) is 32.0 Å². The lowest BCUT2D eigenvalue weighted by Gasteiger charge is -2.17. The van der Waals surface area contributed by atoms with Crippen molar-refractivity contribution in [3.63, 3.8) is 0 Å². The van der Waals surface area contributed by atoms with Crippen LogP contribution in [-0.2, 0) is 4.79 Å². The second-order valence-electron chi connectivity index (χ2n) is 5.28. The Labute approximate surface area is 115 Å². The van der Waals surface area contributed by atoms with Gasteiger partial charge in [-0.1, -0.05) is 39.8 Å². The lowest BCUT2D eigenvalue weighted by atomic mass is 9.87. The van der Waals surface area contributed by atoms with Gasteiger partial charge in [0.25, 0.3) is 0 Å².